The zero-order valence-electron chi connectivity index (χ0n) is 21.0. The van der Waals surface area contributed by atoms with Crippen molar-refractivity contribution in [1.29, 1.82) is 0 Å². The van der Waals surface area contributed by atoms with Crippen LogP contribution in [-0.4, -0.2) is 52.9 Å². The lowest BCUT2D eigenvalue weighted by Crippen LogP contribution is -2.54. The Morgan fingerprint density at radius 1 is 1.18 bits per heavy atom. The van der Waals surface area contributed by atoms with E-state index in [4.69, 9.17) is 10.5 Å². The molecule has 34 heavy (non-hydrogen) atoms. The van der Waals surface area contributed by atoms with Gasteiger partial charge in [0.05, 0.1) is 6.42 Å². The first-order chi connectivity index (χ1) is 15.8. The summed E-state index contributed by atoms with van der Waals surface area (Å²) in [6.45, 7) is 14.5. The summed E-state index contributed by atoms with van der Waals surface area (Å²) >= 11 is 0. The fourth-order valence-electron chi connectivity index (χ4n) is 3.35. The fourth-order valence-corrected chi connectivity index (χ4v) is 3.35. The van der Waals surface area contributed by atoms with Crippen molar-refractivity contribution in [2.24, 2.45) is 5.73 Å². The number of hydrogen-bond acceptors (Lipinski definition) is 5. The summed E-state index contributed by atoms with van der Waals surface area (Å²) in [5.74, 6) is -1.77. The van der Waals surface area contributed by atoms with E-state index >= 15 is 0 Å². The summed E-state index contributed by atoms with van der Waals surface area (Å²) in [4.78, 5) is 52.5. The maximum atomic E-state index is 13.7. The Labute approximate surface area is 202 Å². The van der Waals surface area contributed by atoms with E-state index in [1.165, 1.54) is 4.90 Å². The molecular formula is C25H38N4O5. The lowest BCUT2D eigenvalue weighted by molar-refractivity contribution is -0.143. The van der Waals surface area contributed by atoms with Crippen LogP contribution in [0.3, 0.4) is 0 Å². The van der Waals surface area contributed by atoms with Crippen molar-refractivity contribution >= 4 is 29.9 Å². The second kappa shape index (κ2) is 12.8. The van der Waals surface area contributed by atoms with Crippen LogP contribution >= 0.6 is 0 Å². The molecule has 9 nitrogen and oxygen atoms in total. The minimum atomic E-state index is -1.30. The summed E-state index contributed by atoms with van der Waals surface area (Å²) in [5.41, 5.74) is 5.92. The Morgan fingerprint density at radius 2 is 1.82 bits per heavy atom. The number of carbonyl (C=O) groups excluding carboxylic acids is 4. The molecule has 4 N–H and O–H groups in total. The van der Waals surface area contributed by atoms with Gasteiger partial charge in [-0.2, -0.15) is 0 Å². The Bertz CT molecular complexity index is 892. The Hall–Kier alpha value is -3.36. The van der Waals surface area contributed by atoms with E-state index < -0.39 is 42.0 Å². The van der Waals surface area contributed by atoms with Crippen LogP contribution in [0.5, 0.6) is 0 Å². The summed E-state index contributed by atoms with van der Waals surface area (Å²) < 4.78 is 5.25. The van der Waals surface area contributed by atoms with E-state index in [1.54, 1.807) is 45.0 Å². The highest BCUT2D eigenvalue weighted by Crippen LogP contribution is 2.25. The van der Waals surface area contributed by atoms with Gasteiger partial charge in [-0.15, -0.1) is 0 Å². The molecule has 0 aliphatic rings. The smallest absolute Gasteiger partial charge is 0.408 e. The number of nitrogens with two attached hydrogens (primary N) is 1. The highest BCUT2D eigenvalue weighted by atomic mass is 16.6. The average molecular weight is 475 g/mol. The molecule has 188 valence electrons. The minimum Gasteiger partial charge on any atom is -0.444 e. The van der Waals surface area contributed by atoms with Gasteiger partial charge in [0.15, 0.2) is 0 Å². The Morgan fingerprint density at radius 3 is 2.32 bits per heavy atom. The third kappa shape index (κ3) is 9.25. The number of benzene rings is 1. The van der Waals surface area contributed by atoms with Gasteiger partial charge in [-0.05, 0) is 58.2 Å². The van der Waals surface area contributed by atoms with Crippen LogP contribution in [0.15, 0.2) is 30.8 Å². The molecular weight excluding hydrogens is 436 g/mol. The first-order valence-corrected chi connectivity index (χ1v) is 11.4. The van der Waals surface area contributed by atoms with Crippen molar-refractivity contribution < 1.29 is 23.9 Å². The van der Waals surface area contributed by atoms with Crippen LogP contribution in [0.1, 0.15) is 71.6 Å². The Kier molecular flexibility index (Phi) is 10.8. The molecule has 0 bridgehead atoms. The largest absolute Gasteiger partial charge is 0.444 e. The monoisotopic (exact) mass is 474 g/mol. The van der Waals surface area contributed by atoms with Crippen molar-refractivity contribution in [3.8, 4) is 0 Å². The van der Waals surface area contributed by atoms with Gasteiger partial charge in [-0.3, -0.25) is 14.4 Å². The lowest BCUT2D eigenvalue weighted by Gasteiger charge is -2.34. The minimum absolute atomic E-state index is 0.169. The molecule has 2 unspecified atom stereocenters. The number of carbonyl (C=O) groups is 4. The molecule has 0 saturated carbocycles. The predicted octanol–water partition coefficient (Wildman–Crippen LogP) is 2.90. The molecule has 0 aromatic heterocycles. The van der Waals surface area contributed by atoms with Gasteiger partial charge in [0.25, 0.3) is 0 Å². The number of rotatable bonds is 11. The van der Waals surface area contributed by atoms with Gasteiger partial charge in [-0.1, -0.05) is 37.8 Å². The molecule has 4 amide bonds. The third-order valence-corrected chi connectivity index (χ3v) is 4.60. The molecule has 0 heterocycles. The van der Waals surface area contributed by atoms with Gasteiger partial charge >= 0.3 is 6.09 Å². The van der Waals surface area contributed by atoms with Crippen molar-refractivity contribution in [3.63, 3.8) is 0 Å². The van der Waals surface area contributed by atoms with Crippen molar-refractivity contribution in [3.05, 3.63) is 42.0 Å². The number of nitrogens with zero attached hydrogens (tertiary/aromatic N) is 1. The van der Waals surface area contributed by atoms with Crippen molar-refractivity contribution in [2.45, 2.75) is 78.1 Å². The first kappa shape index (κ1) is 28.7. The van der Waals surface area contributed by atoms with Gasteiger partial charge < -0.3 is 26.0 Å². The Balaban J connectivity index is 3.47. The van der Waals surface area contributed by atoms with Crippen LogP contribution in [-0.2, 0) is 19.1 Å². The second-order valence-corrected chi connectivity index (χ2v) is 9.34. The number of alkyl carbamates (subject to hydrolysis) is 1. The molecule has 0 saturated heterocycles. The number of hydrogen-bond donors (Lipinski definition) is 3. The standard InChI is InChI=1S/C25H38N4O5/c1-8-13-29(23(32)19(15-20(26)30)28-24(33)34-25(5,6)7)21(22(31)27-16(3)4)18-12-10-11-17(9-2)14-18/h9-12,14,16,19,21H,2,8,13,15H2,1,3-7H3,(H2,26,30)(H,27,31)(H,28,33). The van der Waals surface area contributed by atoms with Crippen LogP contribution in [0.2, 0.25) is 0 Å². The molecule has 1 aromatic rings. The molecule has 2 atom stereocenters. The fraction of sp³-hybridized carbons (Fsp3) is 0.520. The van der Waals surface area contributed by atoms with Gasteiger partial charge in [0.1, 0.15) is 17.7 Å². The van der Waals surface area contributed by atoms with Crippen molar-refractivity contribution in [1.82, 2.24) is 15.5 Å². The SMILES string of the molecule is C=Cc1cccc(C(C(=O)NC(C)C)N(CCC)C(=O)C(CC(N)=O)NC(=O)OC(C)(C)C)c1. The third-order valence-electron chi connectivity index (χ3n) is 4.60. The zero-order valence-corrected chi connectivity index (χ0v) is 21.0. The van der Waals surface area contributed by atoms with E-state index in [2.05, 4.69) is 17.2 Å². The number of amides is 4. The zero-order chi connectivity index (χ0) is 26.1. The van der Waals surface area contributed by atoms with Crippen LogP contribution < -0.4 is 16.4 Å². The van der Waals surface area contributed by atoms with E-state index in [-0.39, 0.29) is 18.5 Å². The number of nitrogens with one attached hydrogen (secondary N) is 2. The maximum Gasteiger partial charge on any atom is 0.408 e. The normalized spacial score (nSPS) is 12.9. The summed E-state index contributed by atoms with van der Waals surface area (Å²) in [5, 5.41) is 5.31. The summed E-state index contributed by atoms with van der Waals surface area (Å²) in [6.07, 6.45) is 0.880. The second-order valence-electron chi connectivity index (χ2n) is 9.34. The van der Waals surface area contributed by atoms with E-state index in [0.717, 1.165) is 5.56 Å². The molecule has 0 radical (unpaired) electrons. The molecule has 0 fully saturated rings. The van der Waals surface area contributed by atoms with Gasteiger partial charge in [0.2, 0.25) is 17.7 Å². The van der Waals surface area contributed by atoms with Gasteiger partial charge in [0, 0.05) is 12.6 Å². The highest BCUT2D eigenvalue weighted by Gasteiger charge is 2.36. The molecule has 0 aliphatic heterocycles. The van der Waals surface area contributed by atoms with E-state index in [9.17, 15) is 19.2 Å². The summed E-state index contributed by atoms with van der Waals surface area (Å²) in [6, 6.07) is 4.67. The van der Waals surface area contributed by atoms with Crippen LogP contribution in [0.4, 0.5) is 4.79 Å². The number of primary amides is 1. The summed E-state index contributed by atoms with van der Waals surface area (Å²) in [7, 11) is 0. The van der Waals surface area contributed by atoms with E-state index in [1.807, 2.05) is 26.8 Å². The lowest BCUT2D eigenvalue weighted by atomic mass is 9.99. The topological polar surface area (TPSA) is 131 Å². The maximum absolute atomic E-state index is 13.7. The van der Waals surface area contributed by atoms with Crippen LogP contribution in [0.25, 0.3) is 6.08 Å². The molecule has 1 aromatic carbocycles. The van der Waals surface area contributed by atoms with Gasteiger partial charge in [-0.25, -0.2) is 4.79 Å². The molecule has 9 heteroatoms. The quantitative estimate of drug-likeness (QED) is 0.454. The van der Waals surface area contributed by atoms with Crippen LogP contribution in [0, 0.1) is 0 Å². The van der Waals surface area contributed by atoms with E-state index in [0.29, 0.717) is 12.0 Å². The number of ether oxygens (including phenoxy) is 1. The first-order valence-electron chi connectivity index (χ1n) is 11.4. The predicted molar refractivity (Wildman–Crippen MR) is 132 cm³/mol. The molecule has 1 rings (SSSR count). The van der Waals surface area contributed by atoms with Crippen molar-refractivity contribution in [2.75, 3.05) is 6.54 Å². The average Bonchev–Trinajstić information content (AvgIpc) is 2.70. The molecule has 0 spiro atoms. The molecule has 0 aliphatic carbocycles. The highest BCUT2D eigenvalue weighted by molar-refractivity contribution is 5.94.